The molecule has 100 valence electrons. The molecule has 2 rings (SSSR count). The van der Waals surface area contributed by atoms with Crippen LogP contribution >= 0.6 is 0 Å². The normalized spacial score (nSPS) is 18.3. The molecule has 1 atom stereocenters. The second kappa shape index (κ2) is 5.67. The second-order valence-corrected chi connectivity index (χ2v) is 4.59. The topological polar surface area (TPSA) is 82.2 Å². The van der Waals surface area contributed by atoms with Gasteiger partial charge in [0.05, 0.1) is 4.92 Å². The molecule has 0 amide bonds. The molecular weight excluding hydrogens is 244 g/mol. The predicted octanol–water partition coefficient (Wildman–Crippen LogP) is 1.65. The highest BCUT2D eigenvalue weighted by Crippen LogP contribution is 2.35. The monoisotopic (exact) mass is 260 g/mol. The second-order valence-electron chi connectivity index (χ2n) is 4.59. The van der Waals surface area contributed by atoms with Gasteiger partial charge < -0.3 is 10.2 Å². The lowest BCUT2D eigenvalue weighted by atomic mass is 10.1. The number of nitro benzene ring substituents is 1. The van der Waals surface area contributed by atoms with Crippen molar-refractivity contribution in [1.82, 2.24) is 5.32 Å². The van der Waals surface area contributed by atoms with Crippen LogP contribution < -0.4 is 10.2 Å². The molecule has 6 heteroatoms. The van der Waals surface area contributed by atoms with E-state index in [-0.39, 0.29) is 17.3 Å². The van der Waals surface area contributed by atoms with Gasteiger partial charge in [-0.2, -0.15) is 5.26 Å². The Bertz CT molecular complexity index is 524. The maximum atomic E-state index is 11.2. The molecule has 0 radical (unpaired) electrons. The van der Waals surface area contributed by atoms with Crippen LogP contribution in [0.25, 0.3) is 0 Å². The molecule has 0 aliphatic carbocycles. The smallest absolute Gasteiger partial charge is 0.310 e. The van der Waals surface area contributed by atoms with Gasteiger partial charge in [0.1, 0.15) is 17.3 Å². The molecule has 1 aliphatic rings. The largest absolute Gasteiger partial charge is 0.362 e. The third-order valence-corrected chi connectivity index (χ3v) is 3.44. The molecule has 19 heavy (non-hydrogen) atoms. The summed E-state index contributed by atoms with van der Waals surface area (Å²) in [5.41, 5.74) is 0.604. The number of hydrogen-bond donors (Lipinski definition) is 1. The number of para-hydroxylation sites is 1. The first-order valence-electron chi connectivity index (χ1n) is 6.27. The number of hydrogen-bond acceptors (Lipinski definition) is 5. The van der Waals surface area contributed by atoms with Crippen molar-refractivity contribution in [2.75, 3.05) is 25.0 Å². The van der Waals surface area contributed by atoms with Crippen molar-refractivity contribution >= 4 is 11.4 Å². The molecule has 1 saturated heterocycles. The molecule has 1 unspecified atom stereocenters. The maximum Gasteiger partial charge on any atom is 0.310 e. The van der Waals surface area contributed by atoms with Crippen LogP contribution in [0, 0.1) is 21.4 Å². The summed E-state index contributed by atoms with van der Waals surface area (Å²) in [6.45, 7) is 1.58. The standard InChI is InChI=1S/C13H16N4O2/c1-15-9-11-5-3-7-16(11)12-6-2-4-10(8-14)13(12)17(18)19/h2,4,6,11,15H,3,5,7,9H2,1H3. The Balaban J connectivity index is 2.44. The van der Waals surface area contributed by atoms with Crippen LogP contribution in [0.15, 0.2) is 18.2 Å². The zero-order chi connectivity index (χ0) is 13.8. The summed E-state index contributed by atoms with van der Waals surface area (Å²) in [4.78, 5) is 12.8. The molecule has 0 saturated carbocycles. The van der Waals surface area contributed by atoms with Crippen LogP contribution in [0.3, 0.4) is 0 Å². The van der Waals surface area contributed by atoms with Gasteiger partial charge in [-0.15, -0.1) is 0 Å². The van der Waals surface area contributed by atoms with Gasteiger partial charge in [0.25, 0.3) is 0 Å². The van der Waals surface area contributed by atoms with Gasteiger partial charge in [0, 0.05) is 19.1 Å². The van der Waals surface area contributed by atoms with E-state index in [0.29, 0.717) is 5.69 Å². The molecule has 1 aromatic rings. The third kappa shape index (κ3) is 2.51. The summed E-state index contributed by atoms with van der Waals surface area (Å²) in [6, 6.07) is 7.08. The number of rotatable bonds is 4. The van der Waals surface area contributed by atoms with Gasteiger partial charge in [-0.3, -0.25) is 10.1 Å². The van der Waals surface area contributed by atoms with E-state index in [1.807, 2.05) is 18.0 Å². The van der Waals surface area contributed by atoms with Crippen molar-refractivity contribution in [1.29, 1.82) is 5.26 Å². The minimum absolute atomic E-state index is 0.0759. The average Bonchev–Trinajstić information content (AvgIpc) is 2.86. The molecule has 1 N–H and O–H groups in total. The van der Waals surface area contributed by atoms with Gasteiger partial charge in [0.15, 0.2) is 0 Å². The Morgan fingerprint density at radius 2 is 2.42 bits per heavy atom. The van der Waals surface area contributed by atoms with Crippen LogP contribution in [-0.4, -0.2) is 31.1 Å². The fourth-order valence-corrected chi connectivity index (χ4v) is 2.65. The summed E-state index contributed by atoms with van der Waals surface area (Å²) in [7, 11) is 1.87. The SMILES string of the molecule is CNCC1CCCN1c1cccc(C#N)c1[N+](=O)[O-]. The number of nitro groups is 1. The predicted molar refractivity (Wildman–Crippen MR) is 72.1 cm³/mol. The van der Waals surface area contributed by atoms with Gasteiger partial charge in [-0.1, -0.05) is 6.07 Å². The van der Waals surface area contributed by atoms with Gasteiger partial charge in [-0.25, -0.2) is 0 Å². The molecule has 1 fully saturated rings. The highest BCUT2D eigenvalue weighted by atomic mass is 16.6. The number of benzene rings is 1. The van der Waals surface area contributed by atoms with E-state index in [0.717, 1.165) is 25.9 Å². The van der Waals surface area contributed by atoms with E-state index in [2.05, 4.69) is 5.32 Å². The van der Waals surface area contributed by atoms with Crippen molar-refractivity contribution < 1.29 is 4.92 Å². The van der Waals surface area contributed by atoms with Crippen molar-refractivity contribution in [3.05, 3.63) is 33.9 Å². The molecule has 0 aromatic heterocycles. The number of nitrogens with zero attached hydrogens (tertiary/aromatic N) is 3. The summed E-state index contributed by atoms with van der Waals surface area (Å²) < 4.78 is 0. The minimum atomic E-state index is -0.456. The number of nitriles is 1. The van der Waals surface area contributed by atoms with Crippen LogP contribution in [0.2, 0.25) is 0 Å². The highest BCUT2D eigenvalue weighted by Gasteiger charge is 2.30. The minimum Gasteiger partial charge on any atom is -0.362 e. The Morgan fingerprint density at radius 3 is 3.05 bits per heavy atom. The lowest BCUT2D eigenvalue weighted by molar-refractivity contribution is -0.384. The lowest BCUT2D eigenvalue weighted by Gasteiger charge is -2.26. The summed E-state index contributed by atoms with van der Waals surface area (Å²) >= 11 is 0. The van der Waals surface area contributed by atoms with E-state index in [9.17, 15) is 10.1 Å². The molecule has 6 nitrogen and oxygen atoms in total. The quantitative estimate of drug-likeness (QED) is 0.657. The van der Waals surface area contributed by atoms with E-state index in [1.54, 1.807) is 12.1 Å². The summed E-state index contributed by atoms with van der Waals surface area (Å²) in [5.74, 6) is 0. The first-order valence-corrected chi connectivity index (χ1v) is 6.27. The third-order valence-electron chi connectivity index (χ3n) is 3.44. The van der Waals surface area contributed by atoms with E-state index in [4.69, 9.17) is 5.26 Å². The number of nitrogens with one attached hydrogen (secondary N) is 1. The fourth-order valence-electron chi connectivity index (χ4n) is 2.65. The van der Waals surface area contributed by atoms with Crippen LogP contribution in [0.1, 0.15) is 18.4 Å². The first-order chi connectivity index (χ1) is 9.19. The molecule has 1 aliphatic heterocycles. The average molecular weight is 260 g/mol. The van der Waals surface area contributed by atoms with Crippen molar-refractivity contribution in [3.63, 3.8) is 0 Å². The molecule has 0 spiro atoms. The fraction of sp³-hybridized carbons (Fsp3) is 0.462. The van der Waals surface area contributed by atoms with Crippen LogP contribution in [0.5, 0.6) is 0 Å². The zero-order valence-electron chi connectivity index (χ0n) is 10.8. The first kappa shape index (κ1) is 13.3. The summed E-state index contributed by atoms with van der Waals surface area (Å²) in [5, 5.41) is 23.4. The van der Waals surface area contributed by atoms with Gasteiger partial charge in [-0.05, 0) is 32.0 Å². The van der Waals surface area contributed by atoms with Crippen LogP contribution in [-0.2, 0) is 0 Å². The molecule has 0 bridgehead atoms. The van der Waals surface area contributed by atoms with Crippen molar-refractivity contribution in [2.24, 2.45) is 0 Å². The van der Waals surface area contributed by atoms with Crippen molar-refractivity contribution in [3.8, 4) is 6.07 Å². The number of anilines is 1. The van der Waals surface area contributed by atoms with E-state index >= 15 is 0 Å². The van der Waals surface area contributed by atoms with Gasteiger partial charge >= 0.3 is 5.69 Å². The van der Waals surface area contributed by atoms with Crippen molar-refractivity contribution in [2.45, 2.75) is 18.9 Å². The highest BCUT2D eigenvalue weighted by molar-refractivity contribution is 5.70. The molecular formula is C13H16N4O2. The van der Waals surface area contributed by atoms with Crippen LogP contribution in [0.4, 0.5) is 11.4 Å². The lowest BCUT2D eigenvalue weighted by Crippen LogP contribution is -2.37. The Labute approximate surface area is 111 Å². The summed E-state index contributed by atoms with van der Waals surface area (Å²) in [6.07, 6.45) is 2.02. The molecule has 1 aromatic carbocycles. The zero-order valence-corrected chi connectivity index (χ0v) is 10.8. The Morgan fingerprint density at radius 1 is 1.63 bits per heavy atom. The van der Waals surface area contributed by atoms with E-state index in [1.165, 1.54) is 6.07 Å². The Hall–Kier alpha value is -2.13. The van der Waals surface area contributed by atoms with Gasteiger partial charge in [0.2, 0.25) is 0 Å². The van der Waals surface area contributed by atoms with E-state index < -0.39 is 4.92 Å². The Kier molecular flexibility index (Phi) is 3.97. The number of likely N-dealkylation sites (N-methyl/N-ethyl adjacent to an activating group) is 1. The molecule has 1 heterocycles. The maximum absolute atomic E-state index is 11.2.